The van der Waals surface area contributed by atoms with Crippen LogP contribution in [0.4, 0.5) is 0 Å². The van der Waals surface area contributed by atoms with E-state index in [1.807, 2.05) is 6.92 Å². The second kappa shape index (κ2) is 6.79. The topological polar surface area (TPSA) is 80.7 Å². The fourth-order valence-corrected chi connectivity index (χ4v) is 2.70. The van der Waals surface area contributed by atoms with Crippen LogP contribution in [-0.4, -0.2) is 44.2 Å². The predicted molar refractivity (Wildman–Crippen MR) is 56.6 cm³/mol. The molecule has 0 aliphatic heterocycles. The number of ether oxygens (including phenoxy) is 1. The second-order valence-electron chi connectivity index (χ2n) is 3.33. The average molecular weight is 238 g/mol. The molecule has 0 aromatic carbocycles. The molecule has 0 aromatic rings. The second-order valence-corrected chi connectivity index (χ2v) is 5.63. The molecule has 0 saturated carbocycles. The van der Waals surface area contributed by atoms with Crippen LogP contribution >= 0.6 is 0 Å². The summed E-state index contributed by atoms with van der Waals surface area (Å²) in [5, 5.41) is 7.53. The van der Waals surface area contributed by atoms with Crippen molar-refractivity contribution in [3.05, 3.63) is 0 Å². The number of methoxy groups -OCH3 is 1. The number of hydrogen-bond acceptors (Lipinski definition) is 4. The standard InChI is InChI=1S/C9H18O5S/c1-3-4-5-8(9(10)11)15(12,13)7-6-14-2/h8H,3-7H2,1-2H3,(H,10,11). The highest BCUT2D eigenvalue weighted by Crippen LogP contribution is 2.11. The maximum absolute atomic E-state index is 11.6. The van der Waals surface area contributed by atoms with Crippen LogP contribution in [0.15, 0.2) is 0 Å². The van der Waals surface area contributed by atoms with Crippen LogP contribution < -0.4 is 0 Å². The predicted octanol–water partition coefficient (Wildman–Crippen LogP) is 0.691. The summed E-state index contributed by atoms with van der Waals surface area (Å²) in [6, 6.07) is 0. The number of aliphatic carboxylic acids is 1. The van der Waals surface area contributed by atoms with E-state index in [2.05, 4.69) is 4.74 Å². The Labute approximate surface area is 90.4 Å². The fraction of sp³-hybridized carbons (Fsp3) is 0.889. The van der Waals surface area contributed by atoms with Crippen molar-refractivity contribution in [1.82, 2.24) is 0 Å². The minimum Gasteiger partial charge on any atom is -0.480 e. The summed E-state index contributed by atoms with van der Waals surface area (Å²) < 4.78 is 27.8. The van der Waals surface area contributed by atoms with Gasteiger partial charge in [0.15, 0.2) is 15.1 Å². The number of unbranched alkanes of at least 4 members (excludes halogenated alkanes) is 1. The lowest BCUT2D eigenvalue weighted by molar-refractivity contribution is -0.136. The molecule has 1 atom stereocenters. The molecular weight excluding hydrogens is 220 g/mol. The summed E-state index contributed by atoms with van der Waals surface area (Å²) >= 11 is 0. The summed E-state index contributed by atoms with van der Waals surface area (Å²) in [6.07, 6.45) is 1.56. The minimum absolute atomic E-state index is 0.0399. The Hall–Kier alpha value is -0.620. The normalized spacial score (nSPS) is 13.7. The fourth-order valence-electron chi connectivity index (χ4n) is 1.19. The maximum atomic E-state index is 11.6. The zero-order valence-corrected chi connectivity index (χ0v) is 9.92. The molecule has 0 amide bonds. The Morgan fingerprint density at radius 2 is 2.07 bits per heavy atom. The molecular formula is C9H18O5S. The van der Waals surface area contributed by atoms with E-state index in [1.54, 1.807) is 0 Å². The van der Waals surface area contributed by atoms with Crippen molar-refractivity contribution in [1.29, 1.82) is 0 Å². The first kappa shape index (κ1) is 14.4. The summed E-state index contributed by atoms with van der Waals surface area (Å²) in [6.45, 7) is 1.93. The van der Waals surface area contributed by atoms with Crippen LogP contribution in [-0.2, 0) is 19.4 Å². The van der Waals surface area contributed by atoms with Gasteiger partial charge in [0.1, 0.15) is 0 Å². The number of rotatable bonds is 8. The lowest BCUT2D eigenvalue weighted by Gasteiger charge is -2.12. The van der Waals surface area contributed by atoms with E-state index in [4.69, 9.17) is 5.11 Å². The molecule has 0 saturated heterocycles. The molecule has 0 spiro atoms. The van der Waals surface area contributed by atoms with E-state index in [9.17, 15) is 13.2 Å². The quantitative estimate of drug-likeness (QED) is 0.673. The van der Waals surface area contributed by atoms with Gasteiger partial charge < -0.3 is 9.84 Å². The third-order valence-electron chi connectivity index (χ3n) is 2.10. The van der Waals surface area contributed by atoms with E-state index >= 15 is 0 Å². The molecule has 0 radical (unpaired) electrons. The largest absolute Gasteiger partial charge is 0.480 e. The van der Waals surface area contributed by atoms with E-state index in [0.717, 1.165) is 6.42 Å². The summed E-state index contributed by atoms with van der Waals surface area (Å²) in [5.41, 5.74) is 0. The van der Waals surface area contributed by atoms with Crippen molar-refractivity contribution < 1.29 is 23.1 Å². The van der Waals surface area contributed by atoms with Gasteiger partial charge in [0.25, 0.3) is 0 Å². The SMILES string of the molecule is CCCCC(C(=O)O)S(=O)(=O)CCOC. The van der Waals surface area contributed by atoms with Crippen molar-refractivity contribution in [3.63, 3.8) is 0 Å². The van der Waals surface area contributed by atoms with Gasteiger partial charge in [-0.1, -0.05) is 19.8 Å². The van der Waals surface area contributed by atoms with Gasteiger partial charge in [0.2, 0.25) is 0 Å². The first-order chi connectivity index (χ1) is 6.95. The highest BCUT2D eigenvalue weighted by molar-refractivity contribution is 7.92. The lowest BCUT2D eigenvalue weighted by atomic mass is 10.2. The van der Waals surface area contributed by atoms with Gasteiger partial charge in [-0.25, -0.2) is 8.42 Å². The number of carboxylic acid groups (broad SMARTS) is 1. The number of hydrogen-bond donors (Lipinski definition) is 1. The molecule has 15 heavy (non-hydrogen) atoms. The first-order valence-electron chi connectivity index (χ1n) is 4.89. The van der Waals surface area contributed by atoms with Crippen LogP contribution in [0.2, 0.25) is 0 Å². The van der Waals surface area contributed by atoms with Crippen LogP contribution in [0.25, 0.3) is 0 Å². The molecule has 5 nitrogen and oxygen atoms in total. The van der Waals surface area contributed by atoms with Crippen molar-refractivity contribution >= 4 is 15.8 Å². The monoisotopic (exact) mass is 238 g/mol. The summed E-state index contributed by atoms with van der Waals surface area (Å²) in [5.74, 6) is -1.50. The van der Waals surface area contributed by atoms with E-state index in [1.165, 1.54) is 7.11 Å². The molecule has 0 fully saturated rings. The van der Waals surface area contributed by atoms with Crippen molar-refractivity contribution in [3.8, 4) is 0 Å². The maximum Gasteiger partial charge on any atom is 0.321 e. The van der Waals surface area contributed by atoms with Gasteiger partial charge in [-0.15, -0.1) is 0 Å². The zero-order chi connectivity index (χ0) is 11.9. The lowest BCUT2D eigenvalue weighted by Crippen LogP contribution is -2.33. The van der Waals surface area contributed by atoms with Crippen LogP contribution in [0.1, 0.15) is 26.2 Å². The van der Waals surface area contributed by atoms with E-state index in [0.29, 0.717) is 6.42 Å². The molecule has 0 aromatic heterocycles. The van der Waals surface area contributed by atoms with Crippen LogP contribution in [0.5, 0.6) is 0 Å². The molecule has 0 heterocycles. The van der Waals surface area contributed by atoms with E-state index in [-0.39, 0.29) is 18.8 Å². The van der Waals surface area contributed by atoms with Gasteiger partial charge in [-0.3, -0.25) is 4.79 Å². The highest BCUT2D eigenvalue weighted by Gasteiger charge is 2.31. The Morgan fingerprint density at radius 3 is 2.47 bits per heavy atom. The molecule has 0 aliphatic carbocycles. The van der Waals surface area contributed by atoms with Crippen LogP contribution in [0.3, 0.4) is 0 Å². The number of carboxylic acids is 1. The van der Waals surface area contributed by atoms with Gasteiger partial charge in [0.05, 0.1) is 12.4 Å². The average Bonchev–Trinajstić information content (AvgIpc) is 2.14. The highest BCUT2D eigenvalue weighted by atomic mass is 32.2. The summed E-state index contributed by atoms with van der Waals surface area (Å²) in [7, 11) is -2.19. The van der Waals surface area contributed by atoms with Crippen LogP contribution in [0, 0.1) is 0 Å². The number of carbonyl (C=O) groups is 1. The molecule has 6 heteroatoms. The molecule has 1 unspecified atom stereocenters. The molecule has 90 valence electrons. The minimum atomic E-state index is -3.58. The zero-order valence-electron chi connectivity index (χ0n) is 9.10. The van der Waals surface area contributed by atoms with Crippen molar-refractivity contribution in [2.24, 2.45) is 0 Å². The third-order valence-corrected chi connectivity index (χ3v) is 4.14. The summed E-state index contributed by atoms with van der Waals surface area (Å²) in [4.78, 5) is 10.8. The Balaban J connectivity index is 4.52. The van der Waals surface area contributed by atoms with Gasteiger partial charge in [-0.05, 0) is 6.42 Å². The Kier molecular flexibility index (Phi) is 6.51. The molecule has 0 bridgehead atoms. The van der Waals surface area contributed by atoms with Gasteiger partial charge >= 0.3 is 5.97 Å². The first-order valence-corrected chi connectivity index (χ1v) is 6.60. The number of sulfone groups is 1. The van der Waals surface area contributed by atoms with Gasteiger partial charge in [0, 0.05) is 7.11 Å². The smallest absolute Gasteiger partial charge is 0.321 e. The Morgan fingerprint density at radius 1 is 1.47 bits per heavy atom. The molecule has 0 rings (SSSR count). The van der Waals surface area contributed by atoms with Gasteiger partial charge in [-0.2, -0.15) is 0 Å². The third kappa shape index (κ3) is 5.13. The Bertz CT molecular complexity index is 283. The molecule has 1 N–H and O–H groups in total. The van der Waals surface area contributed by atoms with E-state index < -0.39 is 21.1 Å². The van der Waals surface area contributed by atoms with Crippen molar-refractivity contribution in [2.75, 3.05) is 19.5 Å². The van der Waals surface area contributed by atoms with Crippen molar-refractivity contribution in [2.45, 2.75) is 31.4 Å². The molecule has 0 aliphatic rings.